The molecule has 0 fully saturated rings. The van der Waals surface area contributed by atoms with E-state index in [1.54, 1.807) is 6.92 Å². The molecule has 9 heteroatoms. The molecule has 3 rings (SSSR count). The Morgan fingerprint density at radius 3 is 3.05 bits per heavy atom. The lowest BCUT2D eigenvalue weighted by molar-refractivity contribution is 0.102. The maximum atomic E-state index is 13.9. The molecule has 102 valence electrons. The highest BCUT2D eigenvalue weighted by Crippen LogP contribution is 2.18. The fraction of sp³-hybridized carbons (Fsp3) is 0.182. The van der Waals surface area contributed by atoms with Crippen molar-refractivity contribution in [2.75, 3.05) is 5.32 Å². The van der Waals surface area contributed by atoms with E-state index in [-0.39, 0.29) is 12.2 Å². The van der Waals surface area contributed by atoms with Crippen molar-refractivity contribution in [1.29, 1.82) is 0 Å². The van der Waals surface area contributed by atoms with E-state index in [1.165, 1.54) is 23.5 Å². The third kappa shape index (κ3) is 2.30. The van der Waals surface area contributed by atoms with E-state index in [0.29, 0.717) is 21.2 Å². The Balaban J connectivity index is 1.90. The van der Waals surface area contributed by atoms with E-state index < -0.39 is 18.8 Å². The van der Waals surface area contributed by atoms with Gasteiger partial charge in [-0.15, -0.1) is 10.2 Å². The molecular formula is C11H9BFN3O3S. The molecule has 0 saturated heterocycles. The van der Waals surface area contributed by atoms with Gasteiger partial charge in [-0.1, -0.05) is 11.3 Å². The van der Waals surface area contributed by atoms with Gasteiger partial charge in [-0.25, -0.2) is 4.39 Å². The number of hydrogen-bond donors (Lipinski definition) is 2. The van der Waals surface area contributed by atoms with Crippen LogP contribution in [0.2, 0.25) is 0 Å². The Bertz CT molecular complexity index is 694. The quantitative estimate of drug-likeness (QED) is 0.786. The summed E-state index contributed by atoms with van der Waals surface area (Å²) < 4.78 is 18.9. The first-order chi connectivity index (χ1) is 9.54. The molecule has 0 aliphatic carbocycles. The van der Waals surface area contributed by atoms with E-state index in [2.05, 4.69) is 15.5 Å². The molecule has 1 amide bonds. The summed E-state index contributed by atoms with van der Waals surface area (Å²) in [5, 5.41) is 20.5. The second kappa shape index (κ2) is 4.93. The van der Waals surface area contributed by atoms with Gasteiger partial charge < -0.3 is 9.68 Å². The van der Waals surface area contributed by atoms with Gasteiger partial charge in [-0.2, -0.15) is 0 Å². The highest BCUT2D eigenvalue weighted by molar-refractivity contribution is 7.15. The van der Waals surface area contributed by atoms with Crippen LogP contribution in [0.15, 0.2) is 12.1 Å². The van der Waals surface area contributed by atoms with Gasteiger partial charge in [0.25, 0.3) is 5.91 Å². The van der Waals surface area contributed by atoms with Crippen molar-refractivity contribution >= 4 is 35.0 Å². The molecule has 0 radical (unpaired) electrons. The first-order valence-corrected chi connectivity index (χ1v) is 6.59. The molecule has 0 atom stereocenters. The number of amides is 1. The molecule has 0 spiro atoms. The Morgan fingerprint density at radius 1 is 1.55 bits per heavy atom. The molecule has 1 aliphatic rings. The molecule has 2 heterocycles. The molecule has 0 unspecified atom stereocenters. The minimum Gasteiger partial charge on any atom is -0.423 e. The van der Waals surface area contributed by atoms with Crippen molar-refractivity contribution in [3.8, 4) is 0 Å². The van der Waals surface area contributed by atoms with E-state index >= 15 is 0 Å². The third-order valence-electron chi connectivity index (χ3n) is 2.88. The van der Waals surface area contributed by atoms with Crippen LogP contribution in [0.4, 0.5) is 9.52 Å². The number of anilines is 1. The zero-order valence-corrected chi connectivity index (χ0v) is 11.2. The minimum absolute atomic E-state index is 0.130. The van der Waals surface area contributed by atoms with Gasteiger partial charge in [0, 0.05) is 0 Å². The molecule has 6 nitrogen and oxygen atoms in total. The highest BCUT2D eigenvalue weighted by Gasteiger charge is 2.30. The zero-order chi connectivity index (χ0) is 14.3. The predicted octanol–water partition coefficient (Wildman–Crippen LogP) is 0.456. The van der Waals surface area contributed by atoms with E-state index in [9.17, 15) is 14.2 Å². The largest absolute Gasteiger partial charge is 0.491 e. The number of hydrogen-bond acceptors (Lipinski definition) is 6. The standard InChI is InChI=1S/C11H9BFN3O3S/c1-5-15-16-11(20-5)14-10(17)7-3-8-6(2-9(7)13)4-19-12(8)18/h2-3,18H,4H2,1H3,(H,14,16,17). The predicted molar refractivity (Wildman–Crippen MR) is 71.4 cm³/mol. The van der Waals surface area contributed by atoms with Gasteiger partial charge in [0.1, 0.15) is 10.8 Å². The molecule has 0 saturated carbocycles. The number of nitrogens with one attached hydrogen (secondary N) is 1. The third-order valence-corrected chi connectivity index (χ3v) is 3.64. The fourth-order valence-electron chi connectivity index (χ4n) is 1.93. The fourth-order valence-corrected chi connectivity index (χ4v) is 2.52. The summed E-state index contributed by atoms with van der Waals surface area (Å²) in [4.78, 5) is 12.0. The van der Waals surface area contributed by atoms with Crippen molar-refractivity contribution < 1.29 is 18.9 Å². The molecule has 0 bridgehead atoms. The summed E-state index contributed by atoms with van der Waals surface area (Å²) in [5.74, 6) is -1.30. The summed E-state index contributed by atoms with van der Waals surface area (Å²) in [6, 6.07) is 2.50. The maximum absolute atomic E-state index is 13.9. The number of nitrogens with zero attached hydrogens (tertiary/aromatic N) is 2. The Kier molecular flexibility index (Phi) is 3.24. The molecule has 2 N–H and O–H groups in total. The van der Waals surface area contributed by atoms with Gasteiger partial charge in [0.15, 0.2) is 0 Å². The molecular weight excluding hydrogens is 284 g/mol. The number of carbonyl (C=O) groups is 1. The van der Waals surface area contributed by atoms with Gasteiger partial charge in [-0.05, 0) is 30.1 Å². The summed E-state index contributed by atoms with van der Waals surface area (Å²) in [6.07, 6.45) is 0. The molecule has 1 aromatic heterocycles. The highest BCUT2D eigenvalue weighted by atomic mass is 32.1. The SMILES string of the molecule is Cc1nnc(NC(=O)c2cc3c(cc2F)COB3O)s1. The first-order valence-electron chi connectivity index (χ1n) is 5.78. The second-order valence-electron chi connectivity index (χ2n) is 4.27. The maximum Gasteiger partial charge on any atom is 0.491 e. The van der Waals surface area contributed by atoms with Gasteiger partial charge >= 0.3 is 7.12 Å². The van der Waals surface area contributed by atoms with Gasteiger partial charge in [-0.3, -0.25) is 10.1 Å². The second-order valence-corrected chi connectivity index (χ2v) is 5.46. The van der Waals surface area contributed by atoms with Crippen molar-refractivity contribution in [3.63, 3.8) is 0 Å². The summed E-state index contributed by atoms with van der Waals surface area (Å²) in [7, 11) is -1.12. The topological polar surface area (TPSA) is 84.3 Å². The van der Waals surface area contributed by atoms with Crippen molar-refractivity contribution in [2.24, 2.45) is 0 Å². The van der Waals surface area contributed by atoms with Crippen LogP contribution in [0, 0.1) is 12.7 Å². The lowest BCUT2D eigenvalue weighted by Gasteiger charge is -2.06. The Hall–Kier alpha value is -1.84. The van der Waals surface area contributed by atoms with Gasteiger partial charge in [0.2, 0.25) is 5.13 Å². The van der Waals surface area contributed by atoms with Crippen LogP contribution < -0.4 is 10.8 Å². The molecule has 20 heavy (non-hydrogen) atoms. The average molecular weight is 293 g/mol. The van der Waals surface area contributed by atoms with Crippen molar-refractivity contribution in [2.45, 2.75) is 13.5 Å². The monoisotopic (exact) mass is 293 g/mol. The van der Waals surface area contributed by atoms with Crippen LogP contribution in [0.25, 0.3) is 0 Å². The van der Waals surface area contributed by atoms with Crippen LogP contribution in [-0.4, -0.2) is 28.2 Å². The number of carbonyl (C=O) groups excluding carboxylic acids is 1. The zero-order valence-electron chi connectivity index (χ0n) is 10.4. The Morgan fingerprint density at radius 2 is 2.35 bits per heavy atom. The number of rotatable bonds is 2. The number of halogens is 1. The number of aromatic nitrogens is 2. The summed E-state index contributed by atoms with van der Waals surface area (Å²) in [6.45, 7) is 1.88. The van der Waals surface area contributed by atoms with Crippen LogP contribution in [0.5, 0.6) is 0 Å². The lowest BCUT2D eigenvalue weighted by atomic mass is 9.78. The Labute approximate surface area is 117 Å². The van der Waals surface area contributed by atoms with Crippen LogP contribution in [-0.2, 0) is 11.3 Å². The lowest BCUT2D eigenvalue weighted by Crippen LogP contribution is -2.30. The summed E-state index contributed by atoms with van der Waals surface area (Å²) >= 11 is 1.19. The van der Waals surface area contributed by atoms with Crippen molar-refractivity contribution in [1.82, 2.24) is 10.2 Å². The van der Waals surface area contributed by atoms with Crippen LogP contribution >= 0.6 is 11.3 Å². The van der Waals surface area contributed by atoms with Crippen molar-refractivity contribution in [3.05, 3.63) is 34.1 Å². The van der Waals surface area contributed by atoms with Crippen LogP contribution in [0.3, 0.4) is 0 Å². The smallest absolute Gasteiger partial charge is 0.423 e. The first kappa shape index (κ1) is 13.2. The van der Waals surface area contributed by atoms with E-state index in [1.807, 2.05) is 0 Å². The van der Waals surface area contributed by atoms with Gasteiger partial charge in [0.05, 0.1) is 12.2 Å². The molecule has 1 aliphatic heterocycles. The normalized spacial score (nSPS) is 13.4. The average Bonchev–Trinajstić information content (AvgIpc) is 2.95. The van der Waals surface area contributed by atoms with E-state index in [0.717, 1.165) is 0 Å². The van der Waals surface area contributed by atoms with Crippen LogP contribution in [0.1, 0.15) is 20.9 Å². The minimum atomic E-state index is -1.12. The summed E-state index contributed by atoms with van der Waals surface area (Å²) in [5.41, 5.74) is 0.782. The number of fused-ring (bicyclic) bond motifs is 1. The molecule has 2 aromatic rings. The number of aryl methyl sites for hydroxylation is 1. The number of benzene rings is 1. The van der Waals surface area contributed by atoms with E-state index in [4.69, 9.17) is 4.65 Å². The molecule has 1 aromatic carbocycles.